The SMILES string of the molecule is C=Cc1cnc2ccc(OC(SC)C(=O)OC)cc2c1. The molecule has 0 spiro atoms. The van der Waals surface area contributed by atoms with Crippen LogP contribution in [0.2, 0.25) is 0 Å². The Balaban J connectivity index is 2.30. The molecule has 0 saturated heterocycles. The van der Waals surface area contributed by atoms with Crippen molar-refractivity contribution < 1.29 is 14.3 Å². The number of carbonyl (C=O) groups is 1. The van der Waals surface area contributed by atoms with Crippen LogP contribution in [-0.2, 0) is 9.53 Å². The van der Waals surface area contributed by atoms with Crippen LogP contribution in [0.1, 0.15) is 5.56 Å². The molecule has 0 N–H and O–H groups in total. The number of carbonyl (C=O) groups excluding carboxylic acids is 1. The molecule has 0 radical (unpaired) electrons. The van der Waals surface area contributed by atoms with E-state index in [4.69, 9.17) is 4.74 Å². The van der Waals surface area contributed by atoms with Gasteiger partial charge in [-0.15, -0.1) is 11.8 Å². The van der Waals surface area contributed by atoms with Crippen molar-refractivity contribution >= 4 is 34.7 Å². The maximum Gasteiger partial charge on any atom is 0.357 e. The maximum atomic E-state index is 11.5. The number of esters is 1. The normalized spacial score (nSPS) is 11.9. The Hall–Kier alpha value is -2.01. The number of rotatable bonds is 5. The molecular formula is C15H15NO3S. The van der Waals surface area contributed by atoms with Crippen LogP contribution >= 0.6 is 11.8 Å². The van der Waals surface area contributed by atoms with E-state index in [0.717, 1.165) is 16.5 Å². The van der Waals surface area contributed by atoms with Crippen LogP contribution in [0.15, 0.2) is 37.0 Å². The highest BCUT2D eigenvalue weighted by atomic mass is 32.2. The smallest absolute Gasteiger partial charge is 0.357 e. The van der Waals surface area contributed by atoms with Crippen molar-refractivity contribution in [1.29, 1.82) is 0 Å². The van der Waals surface area contributed by atoms with Crippen LogP contribution in [0.3, 0.4) is 0 Å². The number of hydrogen-bond acceptors (Lipinski definition) is 5. The number of benzene rings is 1. The molecule has 1 aromatic heterocycles. The fourth-order valence-corrected chi connectivity index (χ4v) is 2.22. The molecule has 1 unspecified atom stereocenters. The first-order valence-electron chi connectivity index (χ1n) is 5.97. The number of methoxy groups -OCH3 is 1. The minimum absolute atomic E-state index is 0.407. The van der Waals surface area contributed by atoms with Gasteiger partial charge in [-0.3, -0.25) is 4.98 Å². The second-order valence-electron chi connectivity index (χ2n) is 4.04. The van der Waals surface area contributed by atoms with Crippen LogP contribution in [-0.4, -0.2) is 29.8 Å². The molecule has 0 aliphatic rings. The predicted octanol–water partition coefficient (Wildman–Crippen LogP) is 3.12. The van der Waals surface area contributed by atoms with Gasteiger partial charge < -0.3 is 9.47 Å². The van der Waals surface area contributed by atoms with Gasteiger partial charge in [0.1, 0.15) is 5.75 Å². The molecule has 1 heterocycles. The molecule has 20 heavy (non-hydrogen) atoms. The standard InChI is InChI=1S/C15H15NO3S/c1-4-10-7-11-8-12(5-6-13(11)16-9-10)19-15(20-3)14(17)18-2/h4-9,15H,1H2,2-3H3. The summed E-state index contributed by atoms with van der Waals surface area (Å²) in [4.78, 5) is 15.8. The van der Waals surface area contributed by atoms with Crippen molar-refractivity contribution in [3.63, 3.8) is 0 Å². The summed E-state index contributed by atoms with van der Waals surface area (Å²) in [6, 6.07) is 7.46. The average Bonchev–Trinajstić information content (AvgIpc) is 2.50. The first-order chi connectivity index (χ1) is 9.67. The summed E-state index contributed by atoms with van der Waals surface area (Å²) in [6.07, 6.45) is 5.29. The van der Waals surface area contributed by atoms with Gasteiger partial charge in [0.25, 0.3) is 0 Å². The molecule has 2 aromatic rings. The highest BCUT2D eigenvalue weighted by Crippen LogP contribution is 2.23. The van der Waals surface area contributed by atoms with E-state index in [1.807, 2.05) is 18.2 Å². The number of nitrogens with zero attached hydrogens (tertiary/aromatic N) is 1. The molecular weight excluding hydrogens is 274 g/mol. The molecule has 0 amide bonds. The zero-order valence-electron chi connectivity index (χ0n) is 11.3. The number of pyridine rings is 1. The van der Waals surface area contributed by atoms with Crippen LogP contribution < -0.4 is 4.74 Å². The predicted molar refractivity (Wildman–Crippen MR) is 81.8 cm³/mol. The van der Waals surface area contributed by atoms with E-state index < -0.39 is 11.4 Å². The van der Waals surface area contributed by atoms with Crippen molar-refractivity contribution in [3.8, 4) is 5.75 Å². The van der Waals surface area contributed by atoms with Gasteiger partial charge in [-0.2, -0.15) is 0 Å². The van der Waals surface area contributed by atoms with Crippen LogP contribution in [0, 0.1) is 0 Å². The first kappa shape index (κ1) is 14.4. The zero-order valence-corrected chi connectivity index (χ0v) is 12.1. The van der Waals surface area contributed by atoms with Gasteiger partial charge in [0.2, 0.25) is 5.44 Å². The van der Waals surface area contributed by atoms with Gasteiger partial charge >= 0.3 is 5.97 Å². The Labute approximate surface area is 121 Å². The molecule has 1 atom stereocenters. The molecule has 0 fully saturated rings. The summed E-state index contributed by atoms with van der Waals surface area (Å²) in [6.45, 7) is 3.72. The summed E-state index contributed by atoms with van der Waals surface area (Å²) in [5.74, 6) is 0.195. The monoisotopic (exact) mass is 289 g/mol. The first-order valence-corrected chi connectivity index (χ1v) is 7.26. The number of fused-ring (bicyclic) bond motifs is 1. The maximum absolute atomic E-state index is 11.5. The van der Waals surface area contributed by atoms with Crippen LogP contribution in [0.4, 0.5) is 0 Å². The van der Waals surface area contributed by atoms with E-state index in [9.17, 15) is 4.79 Å². The second kappa shape index (κ2) is 6.43. The number of aromatic nitrogens is 1. The third-order valence-electron chi connectivity index (χ3n) is 2.76. The Bertz CT molecular complexity index is 642. The second-order valence-corrected chi connectivity index (χ2v) is 4.94. The highest BCUT2D eigenvalue weighted by Gasteiger charge is 2.19. The Kier molecular flexibility index (Phi) is 4.63. The van der Waals surface area contributed by atoms with E-state index in [0.29, 0.717) is 5.75 Å². The topological polar surface area (TPSA) is 48.4 Å². The molecule has 2 rings (SSSR count). The quantitative estimate of drug-likeness (QED) is 0.625. The average molecular weight is 289 g/mol. The molecule has 5 heteroatoms. The lowest BCUT2D eigenvalue weighted by Crippen LogP contribution is -2.24. The van der Waals surface area contributed by atoms with Gasteiger partial charge in [0.15, 0.2) is 0 Å². The highest BCUT2D eigenvalue weighted by molar-refractivity contribution is 7.99. The molecule has 1 aromatic carbocycles. The minimum atomic E-state index is -0.673. The number of ether oxygens (including phenoxy) is 2. The third kappa shape index (κ3) is 3.11. The Morgan fingerprint density at radius 3 is 2.90 bits per heavy atom. The molecule has 0 aliphatic carbocycles. The molecule has 0 bridgehead atoms. The molecule has 104 valence electrons. The van der Waals surface area contributed by atoms with Crippen LogP contribution in [0.25, 0.3) is 17.0 Å². The third-order valence-corrected chi connectivity index (χ3v) is 3.48. The van der Waals surface area contributed by atoms with Crippen molar-refractivity contribution in [2.75, 3.05) is 13.4 Å². The lowest BCUT2D eigenvalue weighted by atomic mass is 10.1. The van der Waals surface area contributed by atoms with Crippen molar-refractivity contribution in [2.24, 2.45) is 0 Å². The molecule has 4 nitrogen and oxygen atoms in total. The van der Waals surface area contributed by atoms with Gasteiger partial charge in [-0.25, -0.2) is 4.79 Å². The summed E-state index contributed by atoms with van der Waals surface area (Å²) >= 11 is 1.28. The lowest BCUT2D eigenvalue weighted by Gasteiger charge is -2.14. The van der Waals surface area contributed by atoms with Crippen LogP contribution in [0.5, 0.6) is 5.75 Å². The largest absolute Gasteiger partial charge is 0.468 e. The van der Waals surface area contributed by atoms with E-state index in [1.165, 1.54) is 18.9 Å². The number of thioether (sulfide) groups is 1. The van der Waals surface area contributed by atoms with Crippen molar-refractivity contribution in [3.05, 3.63) is 42.6 Å². The van der Waals surface area contributed by atoms with Gasteiger partial charge in [0, 0.05) is 11.6 Å². The van der Waals surface area contributed by atoms with Crippen molar-refractivity contribution in [2.45, 2.75) is 5.44 Å². The Morgan fingerprint density at radius 1 is 1.45 bits per heavy atom. The summed E-state index contributed by atoms with van der Waals surface area (Å²) in [5.41, 5.74) is 1.12. The number of hydrogen-bond donors (Lipinski definition) is 0. The van der Waals surface area contributed by atoms with Gasteiger partial charge in [0.05, 0.1) is 12.6 Å². The van der Waals surface area contributed by atoms with E-state index in [1.54, 1.807) is 24.6 Å². The Morgan fingerprint density at radius 2 is 2.25 bits per heavy atom. The summed E-state index contributed by atoms with van der Waals surface area (Å²) in [5, 5.41) is 0.935. The molecule has 0 aliphatic heterocycles. The lowest BCUT2D eigenvalue weighted by molar-refractivity contribution is -0.144. The fourth-order valence-electron chi connectivity index (χ4n) is 1.72. The molecule has 0 saturated carbocycles. The van der Waals surface area contributed by atoms with Gasteiger partial charge in [-0.05, 0) is 36.1 Å². The summed E-state index contributed by atoms with van der Waals surface area (Å²) in [7, 11) is 1.34. The van der Waals surface area contributed by atoms with E-state index in [2.05, 4.69) is 16.3 Å². The minimum Gasteiger partial charge on any atom is -0.468 e. The van der Waals surface area contributed by atoms with E-state index >= 15 is 0 Å². The van der Waals surface area contributed by atoms with E-state index in [-0.39, 0.29) is 0 Å². The summed E-state index contributed by atoms with van der Waals surface area (Å²) < 4.78 is 10.3. The fraction of sp³-hybridized carbons (Fsp3) is 0.200. The zero-order chi connectivity index (χ0) is 14.5. The van der Waals surface area contributed by atoms with Crippen molar-refractivity contribution in [1.82, 2.24) is 4.98 Å². The van der Waals surface area contributed by atoms with Gasteiger partial charge in [-0.1, -0.05) is 12.7 Å².